The van der Waals surface area contributed by atoms with Gasteiger partial charge < -0.3 is 14.2 Å². The van der Waals surface area contributed by atoms with Crippen molar-refractivity contribution in [1.29, 1.82) is 0 Å². The largest absolute Gasteiger partial charge is 0.451 e. The molecule has 0 bridgehead atoms. The van der Waals surface area contributed by atoms with Crippen molar-refractivity contribution in [3.8, 4) is 0 Å². The van der Waals surface area contributed by atoms with E-state index in [0.29, 0.717) is 0 Å². The lowest BCUT2D eigenvalue weighted by Crippen LogP contribution is -2.24. The van der Waals surface area contributed by atoms with E-state index in [0.717, 1.165) is 0 Å². The van der Waals surface area contributed by atoms with Crippen LogP contribution in [-0.4, -0.2) is 36.3 Å². The molecule has 0 rings (SSSR count). The molecule has 7 heteroatoms. The van der Waals surface area contributed by atoms with E-state index in [1.54, 1.807) is 13.8 Å². The first-order valence-corrected chi connectivity index (χ1v) is 4.97. The topological polar surface area (TPSA) is 61.8 Å². The number of ether oxygens (including phenoxy) is 3. The summed E-state index contributed by atoms with van der Waals surface area (Å²) >= 11 is 9.94. The molecule has 0 saturated heterocycles. The monoisotopic (exact) mass is 258 g/mol. The van der Waals surface area contributed by atoms with E-state index in [2.05, 4.69) is 9.47 Å². The van der Waals surface area contributed by atoms with Crippen molar-refractivity contribution in [3.05, 3.63) is 0 Å². The first kappa shape index (κ1) is 14.5. The molecule has 0 spiro atoms. The second kappa shape index (κ2) is 7.73. The predicted molar refractivity (Wildman–Crippen MR) is 54.4 cm³/mol. The lowest BCUT2D eigenvalue weighted by molar-refractivity contribution is -0.0202. The molecule has 0 aliphatic carbocycles. The SMILES string of the molecule is CC(COC(=O)Cl)OCC(C)OC(=O)Cl. The van der Waals surface area contributed by atoms with Gasteiger partial charge in [-0.1, -0.05) is 0 Å². The van der Waals surface area contributed by atoms with Gasteiger partial charge in [0.15, 0.2) is 0 Å². The highest BCUT2D eigenvalue weighted by Crippen LogP contribution is 2.01. The van der Waals surface area contributed by atoms with Gasteiger partial charge in [-0.2, -0.15) is 0 Å². The first-order valence-electron chi connectivity index (χ1n) is 4.21. The van der Waals surface area contributed by atoms with E-state index in [4.69, 9.17) is 27.9 Å². The Labute approximate surface area is 97.6 Å². The molecule has 0 aromatic heterocycles. The quantitative estimate of drug-likeness (QED) is 0.686. The molecule has 5 nitrogen and oxygen atoms in total. The lowest BCUT2D eigenvalue weighted by atomic mass is 10.4. The van der Waals surface area contributed by atoms with E-state index < -0.39 is 17.0 Å². The smallest absolute Gasteiger partial charge is 0.404 e. The Morgan fingerprint density at radius 1 is 1.07 bits per heavy atom. The molecule has 0 saturated carbocycles. The van der Waals surface area contributed by atoms with Crippen molar-refractivity contribution in [3.63, 3.8) is 0 Å². The van der Waals surface area contributed by atoms with Crippen LogP contribution in [0.3, 0.4) is 0 Å². The molecule has 15 heavy (non-hydrogen) atoms. The third-order valence-electron chi connectivity index (χ3n) is 1.34. The minimum absolute atomic E-state index is 0.0455. The molecule has 0 heterocycles. The molecule has 88 valence electrons. The summed E-state index contributed by atoms with van der Waals surface area (Å²) in [7, 11) is 0. The maximum atomic E-state index is 10.3. The third-order valence-corrected chi connectivity index (χ3v) is 1.54. The highest BCUT2D eigenvalue weighted by Gasteiger charge is 2.10. The van der Waals surface area contributed by atoms with Crippen molar-refractivity contribution >= 4 is 34.1 Å². The van der Waals surface area contributed by atoms with Gasteiger partial charge in [0.25, 0.3) is 0 Å². The zero-order chi connectivity index (χ0) is 11.8. The summed E-state index contributed by atoms with van der Waals surface area (Å²) in [4.78, 5) is 20.5. The summed E-state index contributed by atoms with van der Waals surface area (Å²) in [5, 5.41) is 0. The van der Waals surface area contributed by atoms with Crippen molar-refractivity contribution in [2.45, 2.75) is 26.1 Å². The fraction of sp³-hybridized carbons (Fsp3) is 0.750. The molecule has 2 unspecified atom stereocenters. The third kappa shape index (κ3) is 9.78. The summed E-state index contributed by atoms with van der Waals surface area (Å²) in [6, 6.07) is 0. The minimum atomic E-state index is -0.884. The van der Waals surface area contributed by atoms with Crippen LogP contribution >= 0.6 is 23.2 Å². The van der Waals surface area contributed by atoms with E-state index in [1.807, 2.05) is 0 Å². The number of halogens is 2. The maximum Gasteiger partial charge on any atom is 0.404 e. The van der Waals surface area contributed by atoms with E-state index in [-0.39, 0.29) is 19.3 Å². The zero-order valence-electron chi connectivity index (χ0n) is 8.37. The van der Waals surface area contributed by atoms with Gasteiger partial charge >= 0.3 is 10.9 Å². The Kier molecular flexibility index (Phi) is 7.46. The normalized spacial score (nSPS) is 14.1. The number of hydrogen-bond acceptors (Lipinski definition) is 5. The average Bonchev–Trinajstić information content (AvgIpc) is 2.10. The summed E-state index contributed by atoms with van der Waals surface area (Å²) in [6.07, 6.45) is -0.784. The number of carbonyl (C=O) groups is 2. The molecular weight excluding hydrogens is 247 g/mol. The van der Waals surface area contributed by atoms with Crippen LogP contribution in [0.1, 0.15) is 13.8 Å². The van der Waals surface area contributed by atoms with Crippen LogP contribution in [0.25, 0.3) is 0 Å². The van der Waals surface area contributed by atoms with E-state index >= 15 is 0 Å². The Hall–Kier alpha value is -0.520. The van der Waals surface area contributed by atoms with E-state index in [9.17, 15) is 9.59 Å². The molecule has 0 radical (unpaired) electrons. The first-order chi connectivity index (χ1) is 6.91. The van der Waals surface area contributed by atoms with Gasteiger partial charge in [0, 0.05) is 23.2 Å². The second-order valence-electron chi connectivity index (χ2n) is 2.86. The van der Waals surface area contributed by atoms with Gasteiger partial charge in [0.2, 0.25) is 0 Å². The van der Waals surface area contributed by atoms with Crippen molar-refractivity contribution < 1.29 is 23.8 Å². The van der Waals surface area contributed by atoms with Gasteiger partial charge in [-0.15, -0.1) is 0 Å². The molecule has 0 aliphatic rings. The standard InChI is InChI=1S/C8H12Cl2O5/c1-5(3-14-7(9)11)13-4-6(2)15-8(10)12/h5-6H,3-4H2,1-2H3. The van der Waals surface area contributed by atoms with Gasteiger partial charge in [0.05, 0.1) is 12.7 Å². The molecule has 0 N–H and O–H groups in total. The van der Waals surface area contributed by atoms with Crippen LogP contribution in [-0.2, 0) is 14.2 Å². The number of hydrogen-bond donors (Lipinski definition) is 0. The van der Waals surface area contributed by atoms with Crippen LogP contribution in [0, 0.1) is 0 Å². The molecular formula is C8H12Cl2O5. The Balaban J connectivity index is 3.56. The average molecular weight is 259 g/mol. The van der Waals surface area contributed by atoms with Crippen molar-refractivity contribution in [2.24, 2.45) is 0 Å². The summed E-state index contributed by atoms with van der Waals surface area (Å²) < 4.78 is 14.3. The van der Waals surface area contributed by atoms with Crippen molar-refractivity contribution in [1.82, 2.24) is 0 Å². The molecule has 2 atom stereocenters. The fourth-order valence-electron chi connectivity index (χ4n) is 0.723. The summed E-state index contributed by atoms with van der Waals surface area (Å²) in [5.74, 6) is 0. The van der Waals surface area contributed by atoms with Crippen LogP contribution < -0.4 is 0 Å². The molecule has 0 fully saturated rings. The molecule has 0 aliphatic heterocycles. The van der Waals surface area contributed by atoms with Gasteiger partial charge in [-0.05, 0) is 13.8 Å². The highest BCUT2D eigenvalue weighted by molar-refractivity contribution is 6.61. The Morgan fingerprint density at radius 3 is 2.13 bits per heavy atom. The molecule has 0 amide bonds. The van der Waals surface area contributed by atoms with Crippen LogP contribution in [0.5, 0.6) is 0 Å². The van der Waals surface area contributed by atoms with Gasteiger partial charge in [-0.3, -0.25) is 0 Å². The lowest BCUT2D eigenvalue weighted by Gasteiger charge is -2.15. The Morgan fingerprint density at radius 2 is 1.67 bits per heavy atom. The zero-order valence-corrected chi connectivity index (χ0v) is 9.88. The van der Waals surface area contributed by atoms with Crippen LogP contribution in [0.15, 0.2) is 0 Å². The summed E-state index contributed by atoms with van der Waals surface area (Å²) in [5.41, 5.74) is -1.77. The Bertz CT molecular complexity index is 221. The number of rotatable bonds is 6. The maximum absolute atomic E-state index is 10.3. The fourth-order valence-corrected chi connectivity index (χ4v) is 0.938. The molecule has 0 aromatic carbocycles. The minimum Gasteiger partial charge on any atom is -0.451 e. The van der Waals surface area contributed by atoms with Crippen LogP contribution in [0.4, 0.5) is 9.59 Å². The van der Waals surface area contributed by atoms with Gasteiger partial charge in [-0.25, -0.2) is 9.59 Å². The number of carbonyl (C=O) groups excluding carboxylic acids is 2. The van der Waals surface area contributed by atoms with Crippen molar-refractivity contribution in [2.75, 3.05) is 13.2 Å². The predicted octanol–water partition coefficient (Wildman–Crippen LogP) is 2.53. The van der Waals surface area contributed by atoms with Gasteiger partial charge in [0.1, 0.15) is 12.7 Å². The van der Waals surface area contributed by atoms with E-state index in [1.165, 1.54) is 0 Å². The highest BCUT2D eigenvalue weighted by atomic mass is 35.5. The molecule has 0 aromatic rings. The summed E-state index contributed by atoms with van der Waals surface area (Å²) in [6.45, 7) is 3.53. The second-order valence-corrected chi connectivity index (χ2v) is 3.48. The van der Waals surface area contributed by atoms with Crippen LogP contribution in [0.2, 0.25) is 0 Å².